The Morgan fingerprint density at radius 3 is 2.60 bits per heavy atom. The highest BCUT2D eigenvalue weighted by Gasteiger charge is 1.85. The summed E-state index contributed by atoms with van der Waals surface area (Å²) in [5.41, 5.74) is 1.14. The first-order chi connectivity index (χ1) is 4.93. The third kappa shape index (κ3) is 2.29. The minimum absolute atomic E-state index is 0.0101. The summed E-state index contributed by atoms with van der Waals surface area (Å²) in [4.78, 5) is 0. The van der Waals surface area contributed by atoms with Crippen LogP contribution in [0, 0.1) is 0 Å². The molecule has 1 N–H and O–H groups in total. The van der Waals surface area contributed by atoms with Gasteiger partial charge >= 0.3 is 0 Å². The van der Waals surface area contributed by atoms with E-state index in [4.69, 9.17) is 0 Å². The molecule has 2 nitrogen and oxygen atoms in total. The summed E-state index contributed by atoms with van der Waals surface area (Å²) in [6.45, 7) is 0.659. The molecule has 0 saturated carbocycles. The number of nitrogens with one attached hydrogen (secondary N) is 1. The van der Waals surface area contributed by atoms with Crippen molar-refractivity contribution in [3.63, 3.8) is 0 Å². The number of benzene rings is 1. The van der Waals surface area contributed by atoms with Crippen molar-refractivity contribution in [3.05, 3.63) is 35.9 Å². The highest BCUT2D eigenvalue weighted by molar-refractivity contribution is 7.63. The predicted molar refractivity (Wildman–Crippen MR) is 42.8 cm³/mol. The second kappa shape index (κ2) is 4.19. The van der Waals surface area contributed by atoms with Gasteiger partial charge in [-0.05, 0) is 5.56 Å². The largest absolute Gasteiger partial charge is 0.246 e. The van der Waals surface area contributed by atoms with E-state index in [1.54, 1.807) is 0 Å². The van der Waals surface area contributed by atoms with E-state index >= 15 is 0 Å². The molecule has 0 spiro atoms. The fourth-order valence-electron chi connectivity index (χ4n) is 0.719. The minimum Gasteiger partial charge on any atom is -0.246 e. The number of rotatable bonds is 3. The van der Waals surface area contributed by atoms with Crippen LogP contribution in [0.25, 0.3) is 0 Å². The maximum atomic E-state index is 9.96. The Kier molecular flexibility index (Phi) is 3.12. The molecule has 1 rings (SSSR count). The Morgan fingerprint density at radius 2 is 2.00 bits per heavy atom. The Morgan fingerprint density at radius 1 is 1.30 bits per heavy atom. The third-order valence-electron chi connectivity index (χ3n) is 1.19. The number of hydrogen-bond acceptors (Lipinski definition) is 1. The van der Waals surface area contributed by atoms with Gasteiger partial charge in [0.15, 0.2) is 0 Å². The molecule has 0 aromatic heterocycles. The molecule has 54 valence electrons. The Bertz CT molecular complexity index is 200. The van der Waals surface area contributed by atoms with Gasteiger partial charge in [0.2, 0.25) is 0 Å². The molecule has 0 aliphatic heterocycles. The summed E-state index contributed by atoms with van der Waals surface area (Å²) in [7, 11) is 0. The van der Waals surface area contributed by atoms with Gasteiger partial charge in [-0.15, -0.1) is 0 Å². The lowest BCUT2D eigenvalue weighted by atomic mass is 10.2. The van der Waals surface area contributed by atoms with Gasteiger partial charge in [0.1, 0.15) is 0 Å². The summed E-state index contributed by atoms with van der Waals surface area (Å²) >= 11 is -0.0101. The molecule has 0 amide bonds. The molecule has 3 heteroatoms. The van der Waals surface area contributed by atoms with Gasteiger partial charge in [0.25, 0.3) is 0 Å². The molecule has 0 aliphatic rings. The van der Waals surface area contributed by atoms with Crippen molar-refractivity contribution in [2.45, 2.75) is 6.54 Å². The van der Waals surface area contributed by atoms with E-state index in [-0.39, 0.29) is 11.9 Å². The summed E-state index contributed by atoms with van der Waals surface area (Å²) in [5.74, 6) is 0. The van der Waals surface area contributed by atoms with Crippen molar-refractivity contribution in [2.24, 2.45) is 0 Å². The summed E-state index contributed by atoms with van der Waals surface area (Å²) in [5, 5.41) is 0. The highest BCUT2D eigenvalue weighted by atomic mass is 32.2. The smallest absolute Gasteiger partial charge is 0.0784 e. The molecule has 10 heavy (non-hydrogen) atoms. The Hall–Kier alpha value is -0.670. The number of hydrogen-bond donors (Lipinski definition) is 2. The average molecular weight is 155 g/mol. The summed E-state index contributed by atoms with van der Waals surface area (Å²) in [6.07, 6.45) is 0. The molecule has 0 radical (unpaired) electrons. The molecular weight excluding hydrogens is 146 g/mol. The van der Waals surface area contributed by atoms with Crippen LogP contribution in [0.5, 0.6) is 0 Å². The lowest BCUT2D eigenvalue weighted by molar-refractivity contribution is 0.684. The first kappa shape index (κ1) is 7.44. The van der Waals surface area contributed by atoms with Gasteiger partial charge in [0, 0.05) is 6.54 Å². The Labute approximate surface area is 63.9 Å². The number of thiol groups is 1. The van der Waals surface area contributed by atoms with E-state index < -0.39 is 0 Å². The molecule has 1 aromatic rings. The van der Waals surface area contributed by atoms with E-state index in [2.05, 4.69) is 4.72 Å². The lowest BCUT2D eigenvalue weighted by Gasteiger charge is -1.95. The van der Waals surface area contributed by atoms with Crippen LogP contribution in [0.4, 0.5) is 0 Å². The van der Waals surface area contributed by atoms with Gasteiger partial charge < -0.3 is 0 Å². The van der Waals surface area contributed by atoms with Crippen LogP contribution in [0.2, 0.25) is 0 Å². The molecule has 0 fully saturated rings. The molecule has 0 unspecified atom stereocenters. The zero-order valence-electron chi connectivity index (χ0n) is 5.45. The van der Waals surface area contributed by atoms with Crippen LogP contribution >= 0.6 is 0 Å². The van der Waals surface area contributed by atoms with Crippen LogP contribution in [0.1, 0.15) is 5.56 Å². The zero-order chi connectivity index (χ0) is 7.23. The maximum absolute atomic E-state index is 9.96. The standard InChI is InChI=1S/C7H9NOS/c9-10-8-6-7-4-2-1-3-5-7/h1-5,10H,6H2,(H,8,9). The van der Waals surface area contributed by atoms with Gasteiger partial charge in [-0.25, -0.2) is 8.93 Å². The van der Waals surface area contributed by atoms with Crippen molar-refractivity contribution >= 4 is 11.9 Å². The van der Waals surface area contributed by atoms with Crippen molar-refractivity contribution in [1.82, 2.24) is 4.72 Å². The van der Waals surface area contributed by atoms with Crippen molar-refractivity contribution in [2.75, 3.05) is 0 Å². The predicted octanol–water partition coefficient (Wildman–Crippen LogP) is 0.636. The van der Waals surface area contributed by atoms with E-state index in [0.29, 0.717) is 6.54 Å². The lowest BCUT2D eigenvalue weighted by Crippen LogP contribution is -2.05. The SMILES string of the molecule is O=[SH]NCc1ccccc1. The van der Waals surface area contributed by atoms with Crippen LogP contribution in [-0.4, -0.2) is 4.21 Å². The molecule has 0 saturated heterocycles. The quantitative estimate of drug-likeness (QED) is 0.616. The van der Waals surface area contributed by atoms with E-state index in [1.807, 2.05) is 30.3 Å². The maximum Gasteiger partial charge on any atom is 0.0784 e. The monoisotopic (exact) mass is 155 g/mol. The molecule has 0 heterocycles. The summed E-state index contributed by atoms with van der Waals surface area (Å²) < 4.78 is 12.6. The zero-order valence-corrected chi connectivity index (χ0v) is 6.34. The summed E-state index contributed by atoms with van der Waals surface area (Å²) in [6, 6.07) is 9.84. The molecule has 0 aliphatic carbocycles. The van der Waals surface area contributed by atoms with Gasteiger partial charge in [-0.2, -0.15) is 0 Å². The topological polar surface area (TPSA) is 29.1 Å². The van der Waals surface area contributed by atoms with Crippen molar-refractivity contribution in [3.8, 4) is 0 Å². The van der Waals surface area contributed by atoms with E-state index in [0.717, 1.165) is 5.56 Å². The van der Waals surface area contributed by atoms with Crippen LogP contribution in [0.15, 0.2) is 30.3 Å². The fraction of sp³-hybridized carbons (Fsp3) is 0.143. The normalized spacial score (nSPS) is 9.60. The second-order valence-corrected chi connectivity index (χ2v) is 2.41. The van der Waals surface area contributed by atoms with Crippen molar-refractivity contribution < 1.29 is 4.21 Å². The molecule has 0 atom stereocenters. The Balaban J connectivity index is 2.50. The van der Waals surface area contributed by atoms with Gasteiger partial charge in [0.05, 0.1) is 11.9 Å². The van der Waals surface area contributed by atoms with Crippen LogP contribution in [0.3, 0.4) is 0 Å². The van der Waals surface area contributed by atoms with Crippen molar-refractivity contribution in [1.29, 1.82) is 0 Å². The first-order valence-electron chi connectivity index (χ1n) is 3.02. The van der Waals surface area contributed by atoms with Gasteiger partial charge in [-0.1, -0.05) is 30.3 Å². The van der Waals surface area contributed by atoms with E-state index in [9.17, 15) is 4.21 Å². The fourth-order valence-corrected chi connectivity index (χ4v) is 0.967. The second-order valence-electron chi connectivity index (χ2n) is 1.91. The van der Waals surface area contributed by atoms with Crippen LogP contribution in [-0.2, 0) is 18.4 Å². The molecular formula is C7H9NOS. The third-order valence-corrected chi connectivity index (χ3v) is 1.48. The van der Waals surface area contributed by atoms with E-state index in [1.165, 1.54) is 0 Å². The minimum atomic E-state index is -0.0101. The molecule has 0 bridgehead atoms. The molecule has 1 aromatic carbocycles. The van der Waals surface area contributed by atoms with Crippen LogP contribution < -0.4 is 4.72 Å². The average Bonchev–Trinajstić information content (AvgIpc) is 2.03. The highest BCUT2D eigenvalue weighted by Crippen LogP contribution is 1.95. The van der Waals surface area contributed by atoms with Gasteiger partial charge in [-0.3, -0.25) is 0 Å². The first-order valence-corrected chi connectivity index (χ1v) is 3.84.